The summed E-state index contributed by atoms with van der Waals surface area (Å²) < 4.78 is 11.0. The molecule has 0 bridgehead atoms. The minimum absolute atomic E-state index is 0.0114. The Hall–Kier alpha value is -2.95. The zero-order valence-electron chi connectivity index (χ0n) is 12.1. The van der Waals surface area contributed by atoms with Gasteiger partial charge in [0.1, 0.15) is 22.5 Å². The number of hydrogen-bond donors (Lipinski definition) is 2. The quantitative estimate of drug-likeness (QED) is 0.759. The third-order valence-corrected chi connectivity index (χ3v) is 3.41. The topological polar surface area (TPSA) is 79.9 Å². The zero-order chi connectivity index (χ0) is 15.9. The van der Waals surface area contributed by atoms with Gasteiger partial charge < -0.3 is 19.4 Å². The molecule has 3 rings (SSSR count). The number of ether oxygens (including phenoxy) is 1. The standard InChI is InChI=1S/C17H14O5/c1-9-7-12(19)14-13(8-9)22-16(17(21-2)15(14)20)10-3-5-11(18)6-4-10/h3-8,18-19H,1-2H3. The Bertz CT molecular complexity index is 907. The second-order valence-corrected chi connectivity index (χ2v) is 5.00. The Morgan fingerprint density at radius 3 is 2.41 bits per heavy atom. The first-order valence-corrected chi connectivity index (χ1v) is 6.65. The summed E-state index contributed by atoms with van der Waals surface area (Å²) in [6, 6.07) is 9.41. The summed E-state index contributed by atoms with van der Waals surface area (Å²) in [7, 11) is 1.37. The van der Waals surface area contributed by atoms with Gasteiger partial charge in [-0.2, -0.15) is 0 Å². The molecule has 22 heavy (non-hydrogen) atoms. The molecule has 0 aliphatic heterocycles. The molecule has 3 aromatic rings. The SMILES string of the molecule is COc1c(-c2ccc(O)cc2)oc2cc(C)cc(O)c2c1=O. The summed E-state index contributed by atoms with van der Waals surface area (Å²) in [4.78, 5) is 12.6. The maximum atomic E-state index is 12.6. The Balaban J connectivity index is 2.40. The van der Waals surface area contributed by atoms with Crippen LogP contribution in [0.25, 0.3) is 22.3 Å². The van der Waals surface area contributed by atoms with Gasteiger partial charge in [0.15, 0.2) is 5.76 Å². The lowest BCUT2D eigenvalue weighted by atomic mass is 10.1. The van der Waals surface area contributed by atoms with E-state index in [0.717, 1.165) is 5.56 Å². The smallest absolute Gasteiger partial charge is 0.238 e. The third-order valence-electron chi connectivity index (χ3n) is 3.41. The van der Waals surface area contributed by atoms with E-state index < -0.39 is 5.43 Å². The second kappa shape index (κ2) is 5.11. The number of aryl methyl sites for hydroxylation is 1. The lowest BCUT2D eigenvalue weighted by Crippen LogP contribution is -2.08. The molecule has 5 heteroatoms. The summed E-state index contributed by atoms with van der Waals surface area (Å²) in [5.41, 5.74) is 1.21. The average Bonchev–Trinajstić information content (AvgIpc) is 2.47. The van der Waals surface area contributed by atoms with Gasteiger partial charge in [0.25, 0.3) is 0 Å². The first kappa shape index (κ1) is 14.0. The van der Waals surface area contributed by atoms with Crippen LogP contribution in [-0.2, 0) is 0 Å². The van der Waals surface area contributed by atoms with Gasteiger partial charge in [0, 0.05) is 5.56 Å². The molecule has 0 aliphatic carbocycles. The summed E-state index contributed by atoms with van der Waals surface area (Å²) in [6.45, 7) is 1.80. The molecule has 5 nitrogen and oxygen atoms in total. The van der Waals surface area contributed by atoms with Crippen molar-refractivity contribution in [2.24, 2.45) is 0 Å². The van der Waals surface area contributed by atoms with Crippen molar-refractivity contribution in [3.05, 3.63) is 52.2 Å². The van der Waals surface area contributed by atoms with E-state index in [1.165, 1.54) is 25.3 Å². The highest BCUT2D eigenvalue weighted by atomic mass is 16.5. The fourth-order valence-electron chi connectivity index (χ4n) is 2.40. The second-order valence-electron chi connectivity index (χ2n) is 5.00. The van der Waals surface area contributed by atoms with Crippen LogP contribution in [0, 0.1) is 6.92 Å². The fourth-order valence-corrected chi connectivity index (χ4v) is 2.40. The van der Waals surface area contributed by atoms with Crippen LogP contribution in [-0.4, -0.2) is 17.3 Å². The predicted molar refractivity (Wildman–Crippen MR) is 82.5 cm³/mol. The van der Waals surface area contributed by atoms with Gasteiger partial charge in [-0.15, -0.1) is 0 Å². The van der Waals surface area contributed by atoms with Crippen molar-refractivity contribution in [3.63, 3.8) is 0 Å². The van der Waals surface area contributed by atoms with Crippen molar-refractivity contribution in [1.82, 2.24) is 0 Å². The van der Waals surface area contributed by atoms with Crippen LogP contribution in [0.15, 0.2) is 45.6 Å². The Morgan fingerprint density at radius 2 is 1.77 bits per heavy atom. The van der Waals surface area contributed by atoms with Crippen molar-refractivity contribution < 1.29 is 19.4 Å². The molecule has 0 fully saturated rings. The Labute approximate surface area is 126 Å². The highest BCUT2D eigenvalue weighted by Crippen LogP contribution is 2.34. The van der Waals surface area contributed by atoms with E-state index in [1.54, 1.807) is 25.1 Å². The number of aromatic hydroxyl groups is 2. The molecule has 0 amide bonds. The van der Waals surface area contributed by atoms with Crippen LogP contribution in [0.2, 0.25) is 0 Å². The van der Waals surface area contributed by atoms with Gasteiger partial charge in [-0.25, -0.2) is 0 Å². The summed E-state index contributed by atoms with van der Waals surface area (Å²) in [6.07, 6.45) is 0. The third kappa shape index (κ3) is 2.16. The summed E-state index contributed by atoms with van der Waals surface area (Å²) >= 11 is 0. The van der Waals surface area contributed by atoms with Gasteiger partial charge in [-0.3, -0.25) is 4.79 Å². The van der Waals surface area contributed by atoms with Crippen LogP contribution in [0.3, 0.4) is 0 Å². The summed E-state index contributed by atoms with van der Waals surface area (Å²) in [5, 5.41) is 19.5. The Kier molecular flexibility index (Phi) is 3.25. The maximum Gasteiger partial charge on any atom is 0.238 e. The van der Waals surface area contributed by atoms with E-state index in [9.17, 15) is 15.0 Å². The number of hydrogen-bond acceptors (Lipinski definition) is 5. The van der Waals surface area contributed by atoms with E-state index in [0.29, 0.717) is 5.56 Å². The van der Waals surface area contributed by atoms with Crippen LogP contribution in [0.5, 0.6) is 17.2 Å². The molecule has 1 heterocycles. The highest BCUT2D eigenvalue weighted by Gasteiger charge is 2.19. The van der Waals surface area contributed by atoms with E-state index in [1.807, 2.05) is 0 Å². The lowest BCUT2D eigenvalue weighted by molar-refractivity contribution is 0.397. The van der Waals surface area contributed by atoms with E-state index in [4.69, 9.17) is 9.15 Å². The largest absolute Gasteiger partial charge is 0.508 e. The molecule has 1 aromatic heterocycles. The number of phenols is 2. The first-order valence-electron chi connectivity index (χ1n) is 6.65. The maximum absolute atomic E-state index is 12.6. The zero-order valence-corrected chi connectivity index (χ0v) is 12.1. The van der Waals surface area contributed by atoms with Crippen molar-refractivity contribution in [3.8, 4) is 28.6 Å². The van der Waals surface area contributed by atoms with Crippen molar-refractivity contribution >= 4 is 11.0 Å². The number of rotatable bonds is 2. The Morgan fingerprint density at radius 1 is 1.09 bits per heavy atom. The van der Waals surface area contributed by atoms with E-state index >= 15 is 0 Å². The average molecular weight is 298 g/mol. The van der Waals surface area contributed by atoms with E-state index in [2.05, 4.69) is 0 Å². The number of benzene rings is 2. The van der Waals surface area contributed by atoms with Crippen molar-refractivity contribution in [2.45, 2.75) is 6.92 Å². The number of methoxy groups -OCH3 is 1. The molecule has 0 saturated carbocycles. The molecular formula is C17H14O5. The molecule has 2 aromatic carbocycles. The molecule has 0 unspecified atom stereocenters. The predicted octanol–water partition coefficient (Wildman–Crippen LogP) is 3.19. The molecule has 0 spiro atoms. The van der Waals surface area contributed by atoms with Gasteiger partial charge in [-0.1, -0.05) is 0 Å². The minimum atomic E-state index is -0.440. The van der Waals surface area contributed by atoms with Gasteiger partial charge in [0.05, 0.1) is 7.11 Å². The molecule has 2 N–H and O–H groups in total. The van der Waals surface area contributed by atoms with Gasteiger partial charge in [0.2, 0.25) is 11.2 Å². The van der Waals surface area contributed by atoms with Gasteiger partial charge in [-0.05, 0) is 48.9 Å². The fraction of sp³-hybridized carbons (Fsp3) is 0.118. The van der Waals surface area contributed by atoms with E-state index in [-0.39, 0.29) is 34.0 Å². The van der Waals surface area contributed by atoms with Crippen LogP contribution >= 0.6 is 0 Å². The number of fused-ring (bicyclic) bond motifs is 1. The monoisotopic (exact) mass is 298 g/mol. The van der Waals surface area contributed by atoms with Crippen LogP contribution in [0.1, 0.15) is 5.56 Å². The molecule has 0 radical (unpaired) electrons. The normalized spacial score (nSPS) is 10.8. The van der Waals surface area contributed by atoms with Gasteiger partial charge >= 0.3 is 0 Å². The molecular weight excluding hydrogens is 284 g/mol. The first-order chi connectivity index (χ1) is 10.5. The van der Waals surface area contributed by atoms with Crippen LogP contribution < -0.4 is 10.2 Å². The van der Waals surface area contributed by atoms with Crippen LogP contribution in [0.4, 0.5) is 0 Å². The van der Waals surface area contributed by atoms with Crippen molar-refractivity contribution in [2.75, 3.05) is 7.11 Å². The molecule has 0 saturated heterocycles. The molecule has 0 aliphatic rings. The number of phenolic OH excluding ortho intramolecular Hbond substituents is 2. The molecule has 0 atom stereocenters. The lowest BCUT2D eigenvalue weighted by Gasteiger charge is -2.10. The highest BCUT2D eigenvalue weighted by molar-refractivity contribution is 5.87. The summed E-state index contributed by atoms with van der Waals surface area (Å²) in [5.74, 6) is 0.237. The van der Waals surface area contributed by atoms with Crippen molar-refractivity contribution in [1.29, 1.82) is 0 Å². The molecule has 112 valence electrons. The minimum Gasteiger partial charge on any atom is -0.508 e.